The fraction of sp³-hybridized carbons (Fsp3) is 0.476. The maximum Gasteiger partial charge on any atom is 0.323 e. The van der Waals surface area contributed by atoms with Crippen LogP contribution < -0.4 is 10.1 Å². The van der Waals surface area contributed by atoms with Crippen molar-refractivity contribution >= 4 is 17.5 Å². The van der Waals surface area contributed by atoms with Gasteiger partial charge in [0.05, 0.1) is 11.0 Å². The van der Waals surface area contributed by atoms with Gasteiger partial charge in [0.15, 0.2) is 11.6 Å². The Labute approximate surface area is 190 Å². The third kappa shape index (κ3) is 5.71. The van der Waals surface area contributed by atoms with Gasteiger partial charge in [-0.25, -0.2) is 19.2 Å². The molecule has 1 aromatic carbocycles. The molecule has 0 spiro atoms. The van der Waals surface area contributed by atoms with E-state index in [-0.39, 0.29) is 29.2 Å². The van der Waals surface area contributed by atoms with Gasteiger partial charge in [0, 0.05) is 57.4 Å². The lowest BCUT2D eigenvalue weighted by molar-refractivity contribution is -0.385. The van der Waals surface area contributed by atoms with Gasteiger partial charge in [0.1, 0.15) is 12.1 Å². The van der Waals surface area contributed by atoms with Crippen molar-refractivity contribution in [2.45, 2.75) is 18.9 Å². The van der Waals surface area contributed by atoms with E-state index in [9.17, 15) is 19.3 Å². The van der Waals surface area contributed by atoms with Crippen LogP contribution in [0.25, 0.3) is 0 Å². The highest BCUT2D eigenvalue weighted by Gasteiger charge is 2.28. The minimum Gasteiger partial charge on any atom is -0.436 e. The zero-order valence-corrected chi connectivity index (χ0v) is 18.3. The van der Waals surface area contributed by atoms with Crippen molar-refractivity contribution in [2.75, 3.05) is 51.6 Å². The molecule has 33 heavy (non-hydrogen) atoms. The molecule has 0 radical (unpaired) electrons. The molecule has 2 aliphatic rings. The van der Waals surface area contributed by atoms with Crippen LogP contribution in [0, 0.1) is 15.9 Å². The third-order valence-electron chi connectivity index (χ3n) is 6.02. The van der Waals surface area contributed by atoms with Crippen LogP contribution in [0.2, 0.25) is 0 Å². The number of carbonyl (C=O) groups excluding carboxylic acids is 1. The van der Waals surface area contributed by atoms with Gasteiger partial charge >= 0.3 is 6.03 Å². The number of nitrogens with one attached hydrogen (secondary N) is 1. The molecular weight excluding hydrogens is 433 g/mol. The van der Waals surface area contributed by atoms with Crippen molar-refractivity contribution in [1.82, 2.24) is 24.7 Å². The van der Waals surface area contributed by atoms with Crippen LogP contribution in [0.4, 0.5) is 20.7 Å². The largest absolute Gasteiger partial charge is 0.436 e. The summed E-state index contributed by atoms with van der Waals surface area (Å²) < 4.78 is 19.5. The number of nitro groups is 1. The topological polar surface area (TPSA) is 117 Å². The lowest BCUT2D eigenvalue weighted by atomic mass is 10.0. The normalized spacial score (nSPS) is 18.2. The van der Waals surface area contributed by atoms with Gasteiger partial charge < -0.3 is 14.5 Å². The van der Waals surface area contributed by atoms with Gasteiger partial charge in [-0.05, 0) is 26.0 Å². The molecule has 11 nitrogen and oxygen atoms in total. The molecule has 0 saturated carbocycles. The summed E-state index contributed by atoms with van der Waals surface area (Å²) in [6.07, 6.45) is 3.04. The van der Waals surface area contributed by atoms with Crippen LogP contribution in [0.15, 0.2) is 30.6 Å². The molecular formula is C21H26FN7O4. The van der Waals surface area contributed by atoms with Gasteiger partial charge in [-0.1, -0.05) is 0 Å². The minimum atomic E-state index is -0.892. The Morgan fingerprint density at radius 3 is 2.55 bits per heavy atom. The zero-order chi connectivity index (χ0) is 23.4. The molecule has 2 aromatic rings. The molecule has 4 rings (SSSR count). The van der Waals surface area contributed by atoms with Gasteiger partial charge in [-0.2, -0.15) is 0 Å². The number of anilines is 1. The van der Waals surface area contributed by atoms with Gasteiger partial charge in [-0.3, -0.25) is 20.3 Å². The molecule has 0 aliphatic carbocycles. The van der Waals surface area contributed by atoms with Crippen molar-refractivity contribution in [3.63, 3.8) is 0 Å². The number of non-ortho nitro benzene ring substituents is 1. The standard InChI is InChI=1S/C21H26FN7O4/c1-26-8-10-27(11-9-26)15-4-6-28(7-5-15)21(30)25-19-13-20(24-14-23-19)33-18-3-2-16(29(31)32)12-17(18)22/h2-3,12-15H,4-11H2,1H3,(H,23,24,25,30). The summed E-state index contributed by atoms with van der Waals surface area (Å²) in [5.74, 6) is -0.894. The third-order valence-corrected chi connectivity index (χ3v) is 6.02. The lowest BCUT2D eigenvalue weighted by Crippen LogP contribution is -2.53. The number of hydrogen-bond acceptors (Lipinski definition) is 8. The van der Waals surface area contributed by atoms with Crippen molar-refractivity contribution in [2.24, 2.45) is 0 Å². The molecule has 1 aromatic heterocycles. The number of ether oxygens (including phenoxy) is 1. The molecule has 0 unspecified atom stereocenters. The lowest BCUT2D eigenvalue weighted by Gasteiger charge is -2.42. The van der Waals surface area contributed by atoms with E-state index in [1.807, 2.05) is 0 Å². The van der Waals surface area contributed by atoms with Gasteiger partial charge in [-0.15, -0.1) is 0 Å². The average Bonchev–Trinajstić information content (AvgIpc) is 2.81. The van der Waals surface area contributed by atoms with Gasteiger partial charge in [0.2, 0.25) is 5.88 Å². The highest BCUT2D eigenvalue weighted by Crippen LogP contribution is 2.27. The smallest absolute Gasteiger partial charge is 0.323 e. The molecule has 12 heteroatoms. The Morgan fingerprint density at radius 1 is 1.15 bits per heavy atom. The molecule has 0 bridgehead atoms. The van der Waals surface area contributed by atoms with E-state index in [2.05, 4.69) is 32.1 Å². The first-order valence-electron chi connectivity index (χ1n) is 10.8. The highest BCUT2D eigenvalue weighted by molar-refractivity contribution is 5.88. The monoisotopic (exact) mass is 459 g/mol. The number of urea groups is 1. The van der Waals surface area contributed by atoms with Crippen LogP contribution in [-0.4, -0.2) is 88.0 Å². The number of halogens is 1. The number of amides is 2. The summed E-state index contributed by atoms with van der Waals surface area (Å²) in [5.41, 5.74) is -0.383. The van der Waals surface area contributed by atoms with E-state index >= 15 is 0 Å². The molecule has 176 valence electrons. The number of likely N-dealkylation sites (N-methyl/N-ethyl adjacent to an activating group) is 1. The van der Waals surface area contributed by atoms with E-state index in [1.54, 1.807) is 4.90 Å². The Balaban J connectivity index is 1.31. The minimum absolute atomic E-state index is 0.00169. The van der Waals surface area contributed by atoms with Crippen molar-refractivity contribution in [3.8, 4) is 11.6 Å². The second kappa shape index (κ2) is 10.0. The zero-order valence-electron chi connectivity index (χ0n) is 18.3. The number of hydrogen-bond donors (Lipinski definition) is 1. The maximum atomic E-state index is 14.1. The fourth-order valence-electron chi connectivity index (χ4n) is 4.07. The number of carbonyl (C=O) groups is 1. The molecule has 2 amide bonds. The van der Waals surface area contributed by atoms with Crippen molar-refractivity contribution < 1.29 is 18.8 Å². The summed E-state index contributed by atoms with van der Waals surface area (Å²) >= 11 is 0. The predicted molar refractivity (Wildman–Crippen MR) is 118 cm³/mol. The quantitative estimate of drug-likeness (QED) is 0.536. The van der Waals surface area contributed by atoms with Crippen LogP contribution in [-0.2, 0) is 0 Å². The summed E-state index contributed by atoms with van der Waals surface area (Å²) in [7, 11) is 2.14. The number of piperazine rings is 1. The molecule has 2 aliphatic heterocycles. The number of likely N-dealkylation sites (tertiary alicyclic amines) is 1. The summed E-state index contributed by atoms with van der Waals surface area (Å²) in [4.78, 5) is 37.3. The summed E-state index contributed by atoms with van der Waals surface area (Å²) in [6.45, 7) is 5.58. The van der Waals surface area contributed by atoms with E-state index in [1.165, 1.54) is 12.4 Å². The summed E-state index contributed by atoms with van der Waals surface area (Å²) in [6, 6.07) is 4.66. The fourth-order valence-corrected chi connectivity index (χ4v) is 4.07. The molecule has 1 N–H and O–H groups in total. The molecule has 2 fully saturated rings. The first-order valence-corrected chi connectivity index (χ1v) is 10.8. The number of aromatic nitrogens is 2. The second-order valence-corrected chi connectivity index (χ2v) is 8.20. The maximum absolute atomic E-state index is 14.1. The summed E-state index contributed by atoms with van der Waals surface area (Å²) in [5, 5.41) is 13.5. The van der Waals surface area contributed by atoms with E-state index in [4.69, 9.17) is 4.74 Å². The van der Waals surface area contributed by atoms with Crippen molar-refractivity contribution in [3.05, 3.63) is 46.5 Å². The number of benzene rings is 1. The number of nitrogens with zero attached hydrogens (tertiary/aromatic N) is 6. The van der Waals surface area contributed by atoms with Crippen LogP contribution >= 0.6 is 0 Å². The SMILES string of the molecule is CN1CCN(C2CCN(C(=O)Nc3cc(Oc4ccc([N+](=O)[O-])cc4F)ncn3)CC2)CC1. The predicted octanol–water partition coefficient (Wildman–Crippen LogP) is 2.56. The van der Waals surface area contributed by atoms with E-state index < -0.39 is 10.7 Å². The Morgan fingerprint density at radius 2 is 1.88 bits per heavy atom. The first-order chi connectivity index (χ1) is 15.9. The second-order valence-electron chi connectivity index (χ2n) is 8.20. The van der Waals surface area contributed by atoms with E-state index in [0.717, 1.165) is 57.2 Å². The Hall–Kier alpha value is -3.38. The highest BCUT2D eigenvalue weighted by atomic mass is 19.1. The number of piperidine rings is 1. The van der Waals surface area contributed by atoms with E-state index in [0.29, 0.717) is 19.1 Å². The van der Waals surface area contributed by atoms with Gasteiger partial charge in [0.25, 0.3) is 5.69 Å². The van der Waals surface area contributed by atoms with Crippen LogP contribution in [0.1, 0.15) is 12.8 Å². The van der Waals surface area contributed by atoms with Crippen molar-refractivity contribution in [1.29, 1.82) is 0 Å². The van der Waals surface area contributed by atoms with Crippen LogP contribution in [0.5, 0.6) is 11.6 Å². The number of rotatable bonds is 5. The average molecular weight is 459 g/mol. The number of nitro benzene ring substituents is 1. The first kappa shape index (κ1) is 22.8. The van der Waals surface area contributed by atoms with Crippen LogP contribution in [0.3, 0.4) is 0 Å². The Bertz CT molecular complexity index is 1010. The molecule has 2 saturated heterocycles. The molecule has 0 atom stereocenters. The Kier molecular flexibility index (Phi) is 6.94. The molecule has 3 heterocycles.